The van der Waals surface area contributed by atoms with E-state index in [0.29, 0.717) is 11.3 Å². The lowest BCUT2D eigenvalue weighted by molar-refractivity contribution is -0.148. The van der Waals surface area contributed by atoms with Gasteiger partial charge in [0.1, 0.15) is 5.75 Å². The van der Waals surface area contributed by atoms with Gasteiger partial charge in [-0.25, -0.2) is 4.79 Å². The predicted octanol–water partition coefficient (Wildman–Crippen LogP) is 1.94. The Hall–Kier alpha value is -1.77. The highest BCUT2D eigenvalue weighted by molar-refractivity contribution is 5.98. The minimum Gasteiger partial charge on any atom is -0.478 e. The molecule has 1 N–H and O–H groups in total. The van der Waals surface area contributed by atoms with Crippen LogP contribution in [-0.2, 0) is 4.79 Å². The largest absolute Gasteiger partial charge is 0.478 e. The molecule has 1 atom stereocenters. The minimum atomic E-state index is -1.32. The van der Waals surface area contributed by atoms with Crippen molar-refractivity contribution in [2.24, 2.45) is 0 Å². The van der Waals surface area contributed by atoms with Crippen molar-refractivity contribution >= 4 is 11.5 Å². The molecule has 0 radical (unpaired) electrons. The van der Waals surface area contributed by atoms with E-state index in [-0.39, 0.29) is 0 Å². The zero-order valence-corrected chi connectivity index (χ0v) is 7.78. The Morgan fingerprint density at radius 1 is 1.50 bits per heavy atom. The molecular weight excluding hydrogens is 180 g/mol. The highest BCUT2D eigenvalue weighted by atomic mass is 16.5. The number of carbonyl (C=O) groups is 1. The summed E-state index contributed by atoms with van der Waals surface area (Å²) in [5.74, 6) is -0.430. The molecule has 1 aromatic rings. The first-order valence-electron chi connectivity index (χ1n) is 4.27. The van der Waals surface area contributed by atoms with Crippen molar-refractivity contribution in [3.8, 4) is 5.75 Å². The van der Waals surface area contributed by atoms with Crippen molar-refractivity contribution in [3.05, 3.63) is 36.4 Å². The molecule has 0 saturated carbocycles. The number of fused-ring (bicyclic) bond motifs is 1. The summed E-state index contributed by atoms with van der Waals surface area (Å²) in [6.45, 7) is 5.28. The van der Waals surface area contributed by atoms with E-state index in [4.69, 9.17) is 9.84 Å². The number of ether oxygens (including phenoxy) is 1. The predicted molar refractivity (Wildman–Crippen MR) is 52.1 cm³/mol. The van der Waals surface area contributed by atoms with Gasteiger partial charge in [0.15, 0.2) is 0 Å². The van der Waals surface area contributed by atoms with Crippen LogP contribution >= 0.6 is 0 Å². The fourth-order valence-electron chi connectivity index (χ4n) is 1.52. The molecule has 1 heterocycles. The Labute approximate surface area is 81.6 Å². The number of rotatable bonds is 1. The second-order valence-corrected chi connectivity index (χ2v) is 3.42. The molecule has 0 amide bonds. The molecule has 0 fully saturated rings. The summed E-state index contributed by atoms with van der Waals surface area (Å²) in [5, 5.41) is 9.03. The second kappa shape index (κ2) is 2.61. The molecule has 0 spiro atoms. The number of carboxylic acids is 1. The van der Waals surface area contributed by atoms with E-state index in [9.17, 15) is 4.79 Å². The Balaban J connectivity index is 2.54. The molecule has 1 unspecified atom stereocenters. The molecule has 0 aromatic heterocycles. The summed E-state index contributed by atoms with van der Waals surface area (Å²) in [6.07, 6.45) is 0. The molecule has 0 saturated heterocycles. The maximum atomic E-state index is 11.0. The smallest absolute Gasteiger partial charge is 0.352 e. The lowest BCUT2D eigenvalue weighted by atomic mass is 9.94. The van der Waals surface area contributed by atoms with Crippen LogP contribution in [0.25, 0.3) is 5.57 Å². The van der Waals surface area contributed by atoms with Gasteiger partial charge in [-0.1, -0.05) is 24.8 Å². The van der Waals surface area contributed by atoms with Crippen molar-refractivity contribution in [2.75, 3.05) is 0 Å². The zero-order chi connectivity index (χ0) is 10.3. The van der Waals surface area contributed by atoms with Gasteiger partial charge < -0.3 is 9.84 Å². The normalized spacial score (nSPS) is 24.2. The van der Waals surface area contributed by atoms with Gasteiger partial charge in [0.2, 0.25) is 5.60 Å². The SMILES string of the molecule is C=C1c2ccccc2OC1(C)C(=O)O. The number of hydrogen-bond acceptors (Lipinski definition) is 2. The Bertz CT molecular complexity index is 422. The maximum Gasteiger partial charge on any atom is 0.352 e. The fraction of sp³-hybridized carbons (Fsp3) is 0.182. The van der Waals surface area contributed by atoms with E-state index in [1.807, 2.05) is 12.1 Å². The molecule has 0 aliphatic carbocycles. The average molecular weight is 190 g/mol. The molecule has 2 rings (SSSR count). The molecule has 1 aliphatic heterocycles. The third-order valence-corrected chi connectivity index (χ3v) is 2.51. The van der Waals surface area contributed by atoms with Crippen molar-refractivity contribution in [1.82, 2.24) is 0 Å². The second-order valence-electron chi connectivity index (χ2n) is 3.42. The Morgan fingerprint density at radius 3 is 2.71 bits per heavy atom. The van der Waals surface area contributed by atoms with Crippen LogP contribution in [0.4, 0.5) is 0 Å². The van der Waals surface area contributed by atoms with E-state index in [2.05, 4.69) is 6.58 Å². The molecule has 3 heteroatoms. The van der Waals surface area contributed by atoms with Crippen molar-refractivity contribution in [1.29, 1.82) is 0 Å². The van der Waals surface area contributed by atoms with E-state index in [1.54, 1.807) is 12.1 Å². The van der Waals surface area contributed by atoms with Crippen LogP contribution in [0.5, 0.6) is 5.75 Å². The number of benzene rings is 1. The van der Waals surface area contributed by atoms with Crippen molar-refractivity contribution in [3.63, 3.8) is 0 Å². The standard InChI is InChI=1S/C11H10O3/c1-7-8-5-3-4-6-9(8)14-11(7,2)10(12)13/h3-6H,1H2,2H3,(H,12,13). The van der Waals surface area contributed by atoms with Crippen LogP contribution in [0.2, 0.25) is 0 Å². The number of carboxylic acid groups (broad SMARTS) is 1. The summed E-state index contributed by atoms with van der Waals surface area (Å²) < 4.78 is 5.37. The summed E-state index contributed by atoms with van der Waals surface area (Å²) in [6, 6.07) is 7.20. The molecular formula is C11H10O3. The third-order valence-electron chi connectivity index (χ3n) is 2.51. The summed E-state index contributed by atoms with van der Waals surface area (Å²) >= 11 is 0. The Morgan fingerprint density at radius 2 is 2.14 bits per heavy atom. The third kappa shape index (κ3) is 0.954. The number of para-hydroxylation sites is 1. The monoisotopic (exact) mass is 190 g/mol. The van der Waals surface area contributed by atoms with Crippen LogP contribution in [0.3, 0.4) is 0 Å². The average Bonchev–Trinajstić information content (AvgIpc) is 2.42. The first-order chi connectivity index (χ1) is 6.55. The maximum absolute atomic E-state index is 11.0. The van der Waals surface area contributed by atoms with Crippen LogP contribution in [0, 0.1) is 0 Å². The van der Waals surface area contributed by atoms with Gasteiger partial charge in [-0.3, -0.25) is 0 Å². The topological polar surface area (TPSA) is 46.5 Å². The fourth-order valence-corrected chi connectivity index (χ4v) is 1.52. The van der Waals surface area contributed by atoms with E-state index in [0.717, 1.165) is 5.56 Å². The first-order valence-corrected chi connectivity index (χ1v) is 4.27. The summed E-state index contributed by atoms with van der Waals surface area (Å²) in [5.41, 5.74) is -0.0399. The quantitative estimate of drug-likeness (QED) is 0.736. The molecule has 3 nitrogen and oxygen atoms in total. The Kier molecular flexibility index (Phi) is 1.64. The van der Waals surface area contributed by atoms with Crippen molar-refractivity contribution in [2.45, 2.75) is 12.5 Å². The first kappa shape index (κ1) is 8.81. The number of aliphatic carboxylic acids is 1. The van der Waals surface area contributed by atoms with Gasteiger partial charge in [0.25, 0.3) is 0 Å². The van der Waals surface area contributed by atoms with Crippen LogP contribution in [-0.4, -0.2) is 16.7 Å². The van der Waals surface area contributed by atoms with E-state index < -0.39 is 11.6 Å². The lowest BCUT2D eigenvalue weighted by Crippen LogP contribution is -2.38. The highest BCUT2D eigenvalue weighted by Crippen LogP contribution is 2.42. The van der Waals surface area contributed by atoms with Crippen LogP contribution in [0.1, 0.15) is 12.5 Å². The van der Waals surface area contributed by atoms with Gasteiger partial charge >= 0.3 is 5.97 Å². The van der Waals surface area contributed by atoms with Crippen molar-refractivity contribution < 1.29 is 14.6 Å². The lowest BCUT2D eigenvalue weighted by Gasteiger charge is -2.19. The molecule has 0 bridgehead atoms. The van der Waals surface area contributed by atoms with Gasteiger partial charge in [0.05, 0.1) is 0 Å². The molecule has 14 heavy (non-hydrogen) atoms. The summed E-state index contributed by atoms with van der Waals surface area (Å²) in [7, 11) is 0. The number of hydrogen-bond donors (Lipinski definition) is 1. The van der Waals surface area contributed by atoms with Crippen LogP contribution in [0.15, 0.2) is 30.8 Å². The molecule has 1 aromatic carbocycles. The minimum absolute atomic E-state index is 0.501. The van der Waals surface area contributed by atoms with Gasteiger partial charge in [-0.2, -0.15) is 0 Å². The van der Waals surface area contributed by atoms with E-state index >= 15 is 0 Å². The summed E-state index contributed by atoms with van der Waals surface area (Å²) in [4.78, 5) is 11.0. The van der Waals surface area contributed by atoms with Gasteiger partial charge in [-0.05, 0) is 13.0 Å². The molecule has 1 aliphatic rings. The molecule has 72 valence electrons. The van der Waals surface area contributed by atoms with Crippen LogP contribution < -0.4 is 4.74 Å². The van der Waals surface area contributed by atoms with E-state index in [1.165, 1.54) is 6.92 Å². The van der Waals surface area contributed by atoms with Gasteiger partial charge in [-0.15, -0.1) is 0 Å². The highest BCUT2D eigenvalue weighted by Gasteiger charge is 2.45. The zero-order valence-electron chi connectivity index (χ0n) is 7.78. The van der Waals surface area contributed by atoms with Gasteiger partial charge in [0, 0.05) is 11.1 Å².